The highest BCUT2D eigenvalue weighted by Gasteiger charge is 2.28. The Morgan fingerprint density at radius 3 is 1.86 bits per heavy atom. The Hall–Kier alpha value is -0.110. The first kappa shape index (κ1) is 18.9. The lowest BCUT2D eigenvalue weighted by molar-refractivity contribution is 0.395. The zero-order chi connectivity index (χ0) is 16.0. The van der Waals surface area contributed by atoms with Gasteiger partial charge in [-0.15, -0.1) is 0 Å². The molecule has 0 aliphatic heterocycles. The molecule has 1 rings (SSSR count). The van der Waals surface area contributed by atoms with Crippen molar-refractivity contribution in [3.05, 3.63) is 21.1 Å². The minimum absolute atomic E-state index is 0.254. The molecular weight excluding hydrogens is 420 g/mol. The molecular formula is C14H22Br2N2O2S. The van der Waals surface area contributed by atoms with Crippen molar-refractivity contribution in [2.24, 2.45) is 0 Å². The van der Waals surface area contributed by atoms with Crippen LogP contribution in [0.4, 0.5) is 5.69 Å². The van der Waals surface area contributed by atoms with Gasteiger partial charge in [-0.05, 0) is 56.8 Å². The maximum atomic E-state index is 12.9. The Kier molecular flexibility index (Phi) is 7.67. The summed E-state index contributed by atoms with van der Waals surface area (Å²) >= 11 is 6.65. The Morgan fingerprint density at radius 1 is 1.05 bits per heavy atom. The predicted molar refractivity (Wildman–Crippen MR) is 94.8 cm³/mol. The fourth-order valence-electron chi connectivity index (χ4n) is 1.98. The smallest absolute Gasteiger partial charge is 0.245 e. The highest BCUT2D eigenvalue weighted by atomic mass is 79.9. The van der Waals surface area contributed by atoms with E-state index in [0.717, 1.165) is 25.7 Å². The highest BCUT2D eigenvalue weighted by Crippen LogP contribution is 2.34. The minimum Gasteiger partial charge on any atom is -0.399 e. The zero-order valence-electron chi connectivity index (χ0n) is 12.4. The van der Waals surface area contributed by atoms with E-state index >= 15 is 0 Å². The molecule has 4 nitrogen and oxygen atoms in total. The fraction of sp³-hybridized carbons (Fsp3) is 0.571. The van der Waals surface area contributed by atoms with Crippen LogP contribution in [0.3, 0.4) is 0 Å². The van der Waals surface area contributed by atoms with Gasteiger partial charge >= 0.3 is 0 Å². The number of nitrogen functional groups attached to an aromatic ring is 1. The third kappa shape index (κ3) is 4.94. The molecule has 2 N–H and O–H groups in total. The average molecular weight is 442 g/mol. The molecule has 0 aliphatic carbocycles. The monoisotopic (exact) mass is 440 g/mol. The number of halogens is 2. The summed E-state index contributed by atoms with van der Waals surface area (Å²) in [6.07, 6.45) is 3.63. The van der Waals surface area contributed by atoms with Crippen molar-refractivity contribution >= 4 is 47.6 Å². The van der Waals surface area contributed by atoms with Gasteiger partial charge in [0.05, 0.1) is 0 Å². The number of unbranched alkanes of at least 4 members (excludes halogenated alkanes) is 2. The third-order valence-electron chi connectivity index (χ3n) is 3.14. The molecule has 0 atom stereocenters. The van der Waals surface area contributed by atoms with E-state index in [2.05, 4.69) is 45.7 Å². The molecule has 0 fully saturated rings. The number of nitrogens with zero attached hydrogens (tertiary/aromatic N) is 1. The molecule has 0 unspecified atom stereocenters. The van der Waals surface area contributed by atoms with Gasteiger partial charge in [0.2, 0.25) is 10.0 Å². The van der Waals surface area contributed by atoms with Gasteiger partial charge in [0.25, 0.3) is 0 Å². The van der Waals surface area contributed by atoms with E-state index in [-0.39, 0.29) is 4.90 Å². The van der Waals surface area contributed by atoms with Gasteiger partial charge < -0.3 is 5.73 Å². The molecule has 0 bridgehead atoms. The molecule has 0 radical (unpaired) electrons. The fourth-order valence-corrected chi connectivity index (χ4v) is 6.03. The van der Waals surface area contributed by atoms with Crippen LogP contribution in [0.15, 0.2) is 26.0 Å². The molecule has 0 saturated heterocycles. The Labute approximate surface area is 144 Å². The van der Waals surface area contributed by atoms with Crippen molar-refractivity contribution in [1.82, 2.24) is 4.31 Å². The molecule has 0 aromatic heterocycles. The standard InChI is InChI=1S/C14H22Br2N2O2S/c1-3-5-7-18(8-6-4-2)21(19,20)14-12(15)9-11(17)10-13(14)16/h9-10H,3-8,17H2,1-2H3. The van der Waals surface area contributed by atoms with Crippen LogP contribution >= 0.6 is 31.9 Å². The molecule has 7 heteroatoms. The molecule has 0 aliphatic rings. The number of anilines is 1. The van der Waals surface area contributed by atoms with E-state index in [1.165, 1.54) is 0 Å². The second-order valence-electron chi connectivity index (χ2n) is 4.92. The first-order valence-corrected chi connectivity index (χ1v) is 10.1. The molecule has 0 saturated carbocycles. The number of sulfonamides is 1. The summed E-state index contributed by atoms with van der Waals surface area (Å²) in [5.74, 6) is 0. The lowest BCUT2D eigenvalue weighted by atomic mass is 10.3. The molecule has 1 aromatic carbocycles. The molecule has 1 aromatic rings. The number of benzene rings is 1. The van der Waals surface area contributed by atoms with E-state index < -0.39 is 10.0 Å². The number of hydrogen-bond donors (Lipinski definition) is 1. The maximum Gasteiger partial charge on any atom is 0.245 e. The van der Waals surface area contributed by atoms with Gasteiger partial charge in [-0.25, -0.2) is 8.42 Å². The van der Waals surface area contributed by atoms with Crippen LogP contribution in [0.1, 0.15) is 39.5 Å². The van der Waals surface area contributed by atoms with Crippen LogP contribution in [-0.4, -0.2) is 25.8 Å². The summed E-state index contributed by atoms with van der Waals surface area (Å²) in [6, 6.07) is 3.24. The Bertz CT molecular complexity index is 545. The van der Waals surface area contributed by atoms with Crippen LogP contribution in [0.2, 0.25) is 0 Å². The molecule has 21 heavy (non-hydrogen) atoms. The first-order valence-electron chi connectivity index (χ1n) is 7.09. The van der Waals surface area contributed by atoms with Gasteiger partial charge in [0.1, 0.15) is 4.90 Å². The van der Waals surface area contributed by atoms with Crippen molar-refractivity contribution < 1.29 is 8.42 Å². The van der Waals surface area contributed by atoms with Gasteiger partial charge in [-0.2, -0.15) is 4.31 Å². The van der Waals surface area contributed by atoms with Crippen molar-refractivity contribution in [3.8, 4) is 0 Å². The molecule has 0 heterocycles. The van der Waals surface area contributed by atoms with E-state index in [0.29, 0.717) is 27.7 Å². The summed E-state index contributed by atoms with van der Waals surface area (Å²) in [4.78, 5) is 0.254. The van der Waals surface area contributed by atoms with Crippen LogP contribution in [0.25, 0.3) is 0 Å². The van der Waals surface area contributed by atoms with E-state index in [4.69, 9.17) is 5.73 Å². The summed E-state index contributed by atoms with van der Waals surface area (Å²) in [6.45, 7) is 5.20. The van der Waals surface area contributed by atoms with Crippen LogP contribution in [0.5, 0.6) is 0 Å². The molecule has 0 amide bonds. The largest absolute Gasteiger partial charge is 0.399 e. The Balaban J connectivity index is 3.21. The lowest BCUT2D eigenvalue weighted by Crippen LogP contribution is -2.33. The highest BCUT2D eigenvalue weighted by molar-refractivity contribution is 9.11. The second-order valence-corrected chi connectivity index (χ2v) is 8.51. The zero-order valence-corrected chi connectivity index (χ0v) is 16.4. The summed E-state index contributed by atoms with van der Waals surface area (Å²) in [5, 5.41) is 0. The number of nitrogens with two attached hydrogens (primary N) is 1. The van der Waals surface area contributed by atoms with Crippen molar-refractivity contribution in [3.63, 3.8) is 0 Å². The summed E-state index contributed by atoms with van der Waals surface area (Å²) < 4.78 is 28.4. The number of hydrogen-bond acceptors (Lipinski definition) is 3. The van der Waals surface area contributed by atoms with Crippen molar-refractivity contribution in [2.75, 3.05) is 18.8 Å². The second kappa shape index (κ2) is 8.50. The van der Waals surface area contributed by atoms with Gasteiger partial charge in [-0.1, -0.05) is 26.7 Å². The van der Waals surface area contributed by atoms with Gasteiger partial charge in [0.15, 0.2) is 0 Å². The van der Waals surface area contributed by atoms with Crippen molar-refractivity contribution in [1.29, 1.82) is 0 Å². The quantitative estimate of drug-likeness (QED) is 0.608. The average Bonchev–Trinajstić information content (AvgIpc) is 2.36. The molecule has 120 valence electrons. The third-order valence-corrected chi connectivity index (χ3v) is 6.92. The van der Waals surface area contributed by atoms with Crippen LogP contribution in [-0.2, 0) is 10.0 Å². The van der Waals surface area contributed by atoms with E-state index in [1.807, 2.05) is 0 Å². The predicted octanol–water partition coefficient (Wildman–Crippen LogP) is 4.38. The first-order chi connectivity index (χ1) is 9.84. The SMILES string of the molecule is CCCCN(CCCC)S(=O)(=O)c1c(Br)cc(N)cc1Br. The van der Waals surface area contributed by atoms with Gasteiger partial charge in [-0.3, -0.25) is 0 Å². The summed E-state index contributed by atoms with van der Waals surface area (Å²) in [7, 11) is -3.54. The minimum atomic E-state index is -3.54. The maximum absolute atomic E-state index is 12.9. The van der Waals surface area contributed by atoms with E-state index in [1.54, 1.807) is 16.4 Å². The molecule has 0 spiro atoms. The Morgan fingerprint density at radius 2 is 1.48 bits per heavy atom. The van der Waals surface area contributed by atoms with Crippen LogP contribution in [0, 0.1) is 0 Å². The van der Waals surface area contributed by atoms with Crippen molar-refractivity contribution in [2.45, 2.75) is 44.4 Å². The topological polar surface area (TPSA) is 63.4 Å². The van der Waals surface area contributed by atoms with E-state index in [9.17, 15) is 8.42 Å². The normalized spacial score (nSPS) is 12.0. The van der Waals surface area contributed by atoms with Crippen LogP contribution < -0.4 is 5.73 Å². The number of rotatable bonds is 8. The summed E-state index contributed by atoms with van der Waals surface area (Å²) in [5.41, 5.74) is 6.25. The van der Waals surface area contributed by atoms with Gasteiger partial charge in [0, 0.05) is 27.7 Å². The lowest BCUT2D eigenvalue weighted by Gasteiger charge is -2.23.